The van der Waals surface area contributed by atoms with Gasteiger partial charge in [0.2, 0.25) is 0 Å². The highest BCUT2D eigenvalue weighted by molar-refractivity contribution is 6.05. The highest BCUT2D eigenvalue weighted by Crippen LogP contribution is 2.34. The van der Waals surface area contributed by atoms with Crippen LogP contribution in [0, 0.1) is 0 Å². The van der Waals surface area contributed by atoms with Gasteiger partial charge in [-0.25, -0.2) is 5.43 Å². The van der Waals surface area contributed by atoms with E-state index in [0.29, 0.717) is 5.57 Å². The van der Waals surface area contributed by atoms with E-state index in [1.807, 2.05) is 58.9 Å². The normalized spacial score (nSPS) is 18.9. The van der Waals surface area contributed by atoms with Gasteiger partial charge in [-0.3, -0.25) is 10.2 Å². The van der Waals surface area contributed by atoms with E-state index in [9.17, 15) is 4.79 Å². The number of benzene rings is 2. The molecule has 1 fully saturated rings. The summed E-state index contributed by atoms with van der Waals surface area (Å²) in [7, 11) is 0. The number of carbonyl (C=O) groups excluding carboxylic acids is 1. The highest BCUT2D eigenvalue weighted by Gasteiger charge is 2.35. The molecule has 0 aromatic heterocycles. The lowest BCUT2D eigenvalue weighted by atomic mass is 9.92. The smallest absolute Gasteiger partial charge is 0.263 e. The van der Waals surface area contributed by atoms with Gasteiger partial charge in [0.25, 0.3) is 5.91 Å². The molecule has 1 aliphatic heterocycles. The molecule has 4 nitrogen and oxygen atoms in total. The number of ether oxygens (including phenoxy) is 1. The van der Waals surface area contributed by atoms with E-state index in [-0.39, 0.29) is 11.5 Å². The molecule has 2 aromatic rings. The van der Waals surface area contributed by atoms with Crippen LogP contribution in [0.4, 0.5) is 0 Å². The molecule has 0 bridgehead atoms. The summed E-state index contributed by atoms with van der Waals surface area (Å²) < 4.78 is 6.16. The minimum Gasteiger partial charge on any atom is -0.488 e. The zero-order valence-electron chi connectivity index (χ0n) is 14.9. The largest absolute Gasteiger partial charge is 0.488 e. The maximum Gasteiger partial charge on any atom is 0.263 e. The third-order valence-electron chi connectivity index (χ3n) is 4.04. The van der Waals surface area contributed by atoms with Crippen molar-refractivity contribution in [1.29, 1.82) is 0 Å². The molecule has 0 saturated carbocycles. The van der Waals surface area contributed by atoms with Gasteiger partial charge in [0.15, 0.2) is 0 Å². The summed E-state index contributed by atoms with van der Waals surface area (Å²) in [5, 5.41) is 2.19. The Labute approximate surface area is 142 Å². The molecule has 0 aliphatic carbocycles. The molecule has 126 valence electrons. The van der Waals surface area contributed by atoms with E-state index in [2.05, 4.69) is 29.1 Å². The minimum atomic E-state index is -0.437. The molecule has 2 N–H and O–H groups in total. The maximum absolute atomic E-state index is 12.2. The van der Waals surface area contributed by atoms with Crippen molar-refractivity contribution in [3.05, 3.63) is 47.5 Å². The molecule has 0 spiro atoms. The van der Waals surface area contributed by atoms with E-state index in [0.717, 1.165) is 22.1 Å². The van der Waals surface area contributed by atoms with Crippen molar-refractivity contribution >= 4 is 22.8 Å². The summed E-state index contributed by atoms with van der Waals surface area (Å²) in [6.45, 7) is 10.0. The molecule has 2 aromatic carbocycles. The van der Waals surface area contributed by atoms with Crippen molar-refractivity contribution in [2.24, 2.45) is 0 Å². The molecule has 3 rings (SSSR count). The standard InChI is InChI=1S/C20H24N2O2/c1-19(2,3)24-17-11-10-13-8-6-7-9-14(13)15(17)12-16-18(23)21-22-20(16,4)5/h6-12,22H,1-5H3,(H,21,23)/b16-12+. The fourth-order valence-corrected chi connectivity index (χ4v) is 2.87. The van der Waals surface area contributed by atoms with E-state index in [1.54, 1.807) is 0 Å². The van der Waals surface area contributed by atoms with Crippen molar-refractivity contribution in [1.82, 2.24) is 10.9 Å². The molecular formula is C20H24N2O2. The van der Waals surface area contributed by atoms with Crippen molar-refractivity contribution in [3.8, 4) is 5.75 Å². The first-order chi connectivity index (χ1) is 11.2. The second kappa shape index (κ2) is 5.64. The highest BCUT2D eigenvalue weighted by atomic mass is 16.5. The van der Waals surface area contributed by atoms with Crippen molar-refractivity contribution in [2.45, 2.75) is 45.8 Å². The number of hydrogen-bond donors (Lipinski definition) is 2. The van der Waals surface area contributed by atoms with Gasteiger partial charge < -0.3 is 4.74 Å². The van der Waals surface area contributed by atoms with Crippen LogP contribution in [0.1, 0.15) is 40.2 Å². The van der Waals surface area contributed by atoms with Gasteiger partial charge in [0.05, 0.1) is 5.54 Å². The minimum absolute atomic E-state index is 0.102. The van der Waals surface area contributed by atoms with Crippen molar-refractivity contribution in [2.75, 3.05) is 0 Å². The predicted octanol–water partition coefficient (Wildman–Crippen LogP) is 3.81. The van der Waals surface area contributed by atoms with Gasteiger partial charge in [-0.2, -0.15) is 0 Å². The van der Waals surface area contributed by atoms with Crippen LogP contribution in [0.3, 0.4) is 0 Å². The maximum atomic E-state index is 12.2. The van der Waals surface area contributed by atoms with Gasteiger partial charge in [-0.05, 0) is 57.5 Å². The fourth-order valence-electron chi connectivity index (χ4n) is 2.87. The van der Waals surface area contributed by atoms with Crippen molar-refractivity contribution in [3.63, 3.8) is 0 Å². The molecule has 24 heavy (non-hydrogen) atoms. The van der Waals surface area contributed by atoms with Crippen LogP contribution >= 0.6 is 0 Å². The molecule has 1 aliphatic rings. The molecule has 1 amide bonds. The first-order valence-corrected chi connectivity index (χ1v) is 8.18. The second-order valence-corrected chi connectivity index (χ2v) is 7.68. The van der Waals surface area contributed by atoms with Crippen LogP contribution < -0.4 is 15.6 Å². The fraction of sp³-hybridized carbons (Fsp3) is 0.350. The number of hydrazine groups is 1. The Morgan fingerprint density at radius 3 is 2.42 bits per heavy atom. The monoisotopic (exact) mass is 324 g/mol. The lowest BCUT2D eigenvalue weighted by molar-refractivity contribution is -0.116. The van der Waals surface area contributed by atoms with Gasteiger partial charge in [0.1, 0.15) is 11.4 Å². The van der Waals surface area contributed by atoms with Gasteiger partial charge in [-0.1, -0.05) is 30.3 Å². The van der Waals surface area contributed by atoms with E-state index in [1.165, 1.54) is 0 Å². The number of rotatable bonds is 2. The quantitative estimate of drug-likeness (QED) is 0.826. The molecule has 0 radical (unpaired) electrons. The third kappa shape index (κ3) is 3.15. The van der Waals surface area contributed by atoms with E-state index < -0.39 is 5.54 Å². The lowest BCUT2D eigenvalue weighted by Crippen LogP contribution is -2.38. The Hall–Kier alpha value is -2.33. The average molecular weight is 324 g/mol. The van der Waals surface area contributed by atoms with Crippen LogP contribution in [0.2, 0.25) is 0 Å². The van der Waals surface area contributed by atoms with Crippen LogP contribution in [0.5, 0.6) is 5.75 Å². The Kier molecular flexibility index (Phi) is 3.88. The summed E-state index contributed by atoms with van der Waals surface area (Å²) in [5.74, 6) is 0.679. The summed E-state index contributed by atoms with van der Waals surface area (Å²) in [6.07, 6.45) is 1.94. The number of amides is 1. The number of hydrogen-bond acceptors (Lipinski definition) is 3. The summed E-state index contributed by atoms with van der Waals surface area (Å²) in [6, 6.07) is 12.2. The van der Waals surface area contributed by atoms with Gasteiger partial charge in [0, 0.05) is 11.1 Å². The third-order valence-corrected chi connectivity index (χ3v) is 4.04. The molecule has 1 saturated heterocycles. The molecular weight excluding hydrogens is 300 g/mol. The lowest BCUT2D eigenvalue weighted by Gasteiger charge is -2.24. The first-order valence-electron chi connectivity index (χ1n) is 8.18. The Morgan fingerprint density at radius 1 is 1.08 bits per heavy atom. The van der Waals surface area contributed by atoms with Crippen LogP contribution in [-0.2, 0) is 4.79 Å². The van der Waals surface area contributed by atoms with Crippen LogP contribution in [-0.4, -0.2) is 17.0 Å². The van der Waals surface area contributed by atoms with E-state index in [4.69, 9.17) is 4.74 Å². The number of fused-ring (bicyclic) bond motifs is 1. The van der Waals surface area contributed by atoms with Crippen LogP contribution in [0.25, 0.3) is 16.8 Å². The van der Waals surface area contributed by atoms with Crippen molar-refractivity contribution < 1.29 is 9.53 Å². The Morgan fingerprint density at radius 2 is 1.79 bits per heavy atom. The SMILES string of the molecule is CC(C)(C)Oc1ccc2ccccc2c1/C=C1\C(=O)NNC1(C)C. The summed E-state index contributed by atoms with van der Waals surface area (Å²) >= 11 is 0. The van der Waals surface area contributed by atoms with Gasteiger partial charge >= 0.3 is 0 Å². The summed E-state index contributed by atoms with van der Waals surface area (Å²) in [4.78, 5) is 12.2. The second-order valence-electron chi connectivity index (χ2n) is 7.68. The Bertz CT molecular complexity index is 829. The van der Waals surface area contributed by atoms with Crippen LogP contribution in [0.15, 0.2) is 42.0 Å². The molecule has 4 heteroatoms. The zero-order chi connectivity index (χ0) is 17.5. The Balaban J connectivity index is 2.24. The molecule has 0 unspecified atom stereocenters. The topological polar surface area (TPSA) is 50.4 Å². The number of carbonyl (C=O) groups is 1. The molecule has 1 heterocycles. The number of nitrogens with one attached hydrogen (secondary N) is 2. The first kappa shape index (κ1) is 16.5. The zero-order valence-corrected chi connectivity index (χ0v) is 14.9. The summed E-state index contributed by atoms with van der Waals surface area (Å²) in [5.41, 5.74) is 6.59. The predicted molar refractivity (Wildman–Crippen MR) is 97.7 cm³/mol. The van der Waals surface area contributed by atoms with E-state index >= 15 is 0 Å². The van der Waals surface area contributed by atoms with Gasteiger partial charge in [-0.15, -0.1) is 0 Å². The molecule has 0 atom stereocenters. The average Bonchev–Trinajstić information content (AvgIpc) is 2.74.